The molecule has 146 valence electrons. The first kappa shape index (κ1) is 18.3. The van der Waals surface area contributed by atoms with E-state index in [0.717, 1.165) is 35.9 Å². The van der Waals surface area contributed by atoms with Gasteiger partial charge in [0.1, 0.15) is 6.10 Å². The first-order valence-corrected chi connectivity index (χ1v) is 9.47. The molecule has 1 aliphatic rings. The van der Waals surface area contributed by atoms with Gasteiger partial charge in [0, 0.05) is 30.7 Å². The molecular weight excluding hydrogens is 356 g/mol. The summed E-state index contributed by atoms with van der Waals surface area (Å²) in [6.07, 6.45) is 7.25. The van der Waals surface area contributed by atoms with Gasteiger partial charge >= 0.3 is 0 Å². The maximum Gasteiger partial charge on any atom is 0.235 e. The molecule has 28 heavy (non-hydrogen) atoms. The number of benzene rings is 1. The highest BCUT2D eigenvalue weighted by Gasteiger charge is 2.26. The standard InChI is InChI=1S/C21H24N4O3/c1-24-13-15(17-7-3-4-8-18(17)24)10-21(26)25-9-5-6-16(14-25)28-20-12-22-11-19(23-20)27-2/h3-4,7-8,11-13,16H,5-6,9-10,14H2,1-2H3. The Hall–Kier alpha value is -3.09. The number of carbonyl (C=O) groups is 1. The Kier molecular flexibility index (Phi) is 5.14. The Morgan fingerprint density at radius 2 is 2.07 bits per heavy atom. The van der Waals surface area contributed by atoms with Crippen molar-refractivity contribution in [2.45, 2.75) is 25.4 Å². The average Bonchev–Trinajstić information content (AvgIpc) is 3.04. The number of rotatable bonds is 5. The zero-order chi connectivity index (χ0) is 19.5. The highest BCUT2D eigenvalue weighted by atomic mass is 16.5. The molecule has 1 amide bonds. The molecule has 0 saturated carbocycles. The molecular formula is C21H24N4O3. The van der Waals surface area contributed by atoms with Gasteiger partial charge in [-0.3, -0.25) is 9.78 Å². The van der Waals surface area contributed by atoms with Crippen molar-refractivity contribution in [3.8, 4) is 11.8 Å². The van der Waals surface area contributed by atoms with Crippen molar-refractivity contribution in [3.05, 3.63) is 48.4 Å². The van der Waals surface area contributed by atoms with Crippen LogP contribution >= 0.6 is 0 Å². The molecule has 0 radical (unpaired) electrons. The van der Waals surface area contributed by atoms with E-state index in [1.807, 2.05) is 30.3 Å². The highest BCUT2D eigenvalue weighted by molar-refractivity contribution is 5.89. The van der Waals surface area contributed by atoms with Crippen LogP contribution in [0.2, 0.25) is 0 Å². The fourth-order valence-corrected chi connectivity index (χ4v) is 3.76. The number of aryl methyl sites for hydroxylation is 1. The van der Waals surface area contributed by atoms with Gasteiger partial charge in [-0.25, -0.2) is 0 Å². The number of piperidine rings is 1. The summed E-state index contributed by atoms with van der Waals surface area (Å²) in [5.41, 5.74) is 2.20. The summed E-state index contributed by atoms with van der Waals surface area (Å²) < 4.78 is 13.1. The van der Waals surface area contributed by atoms with Gasteiger partial charge < -0.3 is 18.9 Å². The Balaban J connectivity index is 1.43. The fraction of sp³-hybridized carbons (Fsp3) is 0.381. The van der Waals surface area contributed by atoms with Crippen LogP contribution in [0.5, 0.6) is 11.8 Å². The van der Waals surface area contributed by atoms with E-state index in [9.17, 15) is 4.79 Å². The summed E-state index contributed by atoms with van der Waals surface area (Å²) in [4.78, 5) is 23.1. The van der Waals surface area contributed by atoms with E-state index in [0.29, 0.717) is 24.7 Å². The van der Waals surface area contributed by atoms with Crippen LogP contribution in [0, 0.1) is 0 Å². The largest absolute Gasteiger partial charge is 0.480 e. The van der Waals surface area contributed by atoms with Crippen LogP contribution in [0.15, 0.2) is 42.9 Å². The molecule has 1 saturated heterocycles. The van der Waals surface area contributed by atoms with Gasteiger partial charge in [-0.15, -0.1) is 0 Å². The van der Waals surface area contributed by atoms with Crippen LogP contribution < -0.4 is 9.47 Å². The van der Waals surface area contributed by atoms with Crippen LogP contribution in [-0.2, 0) is 18.3 Å². The Labute approximate surface area is 163 Å². The molecule has 0 aliphatic carbocycles. The number of nitrogens with zero attached hydrogens (tertiary/aromatic N) is 4. The SMILES string of the molecule is COc1cncc(OC2CCCN(C(=O)Cc3cn(C)c4ccccc34)C2)n1. The van der Waals surface area contributed by atoms with Crippen molar-refractivity contribution in [3.63, 3.8) is 0 Å². The Morgan fingerprint density at radius 1 is 1.25 bits per heavy atom. The number of ether oxygens (including phenoxy) is 2. The normalized spacial score (nSPS) is 16.9. The van der Waals surface area contributed by atoms with Gasteiger partial charge in [0.2, 0.25) is 17.7 Å². The minimum atomic E-state index is -0.0911. The minimum Gasteiger partial charge on any atom is -0.480 e. The number of likely N-dealkylation sites (tertiary alicyclic amines) is 1. The first-order chi connectivity index (χ1) is 13.6. The predicted molar refractivity (Wildman–Crippen MR) is 105 cm³/mol. The van der Waals surface area contributed by atoms with E-state index < -0.39 is 0 Å². The van der Waals surface area contributed by atoms with Gasteiger partial charge in [0.25, 0.3) is 0 Å². The number of amides is 1. The molecule has 1 fully saturated rings. The van der Waals surface area contributed by atoms with Gasteiger partial charge in [-0.2, -0.15) is 4.98 Å². The number of fused-ring (bicyclic) bond motifs is 1. The maximum atomic E-state index is 12.9. The van der Waals surface area contributed by atoms with Gasteiger partial charge in [0.15, 0.2) is 0 Å². The van der Waals surface area contributed by atoms with Crippen LogP contribution in [-0.4, -0.2) is 51.6 Å². The number of carbonyl (C=O) groups excluding carboxylic acids is 1. The molecule has 1 unspecified atom stereocenters. The van der Waals surface area contributed by atoms with E-state index in [-0.39, 0.29) is 12.0 Å². The van der Waals surface area contributed by atoms with Gasteiger partial charge in [-0.1, -0.05) is 18.2 Å². The molecule has 1 atom stereocenters. The molecule has 0 N–H and O–H groups in total. The molecule has 3 heterocycles. The second kappa shape index (κ2) is 7.88. The number of aromatic nitrogens is 3. The average molecular weight is 380 g/mol. The number of hydrogen-bond acceptors (Lipinski definition) is 5. The number of hydrogen-bond donors (Lipinski definition) is 0. The van der Waals surface area contributed by atoms with E-state index in [1.54, 1.807) is 13.3 Å². The third kappa shape index (κ3) is 3.78. The summed E-state index contributed by atoms with van der Waals surface area (Å²) in [5.74, 6) is 0.964. The second-order valence-electron chi connectivity index (χ2n) is 7.08. The van der Waals surface area contributed by atoms with Crippen LogP contribution in [0.4, 0.5) is 0 Å². The van der Waals surface area contributed by atoms with Crippen molar-refractivity contribution in [1.82, 2.24) is 19.4 Å². The monoisotopic (exact) mass is 380 g/mol. The van der Waals surface area contributed by atoms with E-state index in [2.05, 4.69) is 26.7 Å². The summed E-state index contributed by atoms with van der Waals surface area (Å²) in [7, 11) is 3.55. The quantitative estimate of drug-likeness (QED) is 0.680. The molecule has 0 bridgehead atoms. The summed E-state index contributed by atoms with van der Waals surface area (Å²) >= 11 is 0. The molecule has 1 aliphatic heterocycles. The lowest BCUT2D eigenvalue weighted by Gasteiger charge is -2.32. The maximum absolute atomic E-state index is 12.9. The van der Waals surface area contributed by atoms with Gasteiger partial charge in [0.05, 0.1) is 32.5 Å². The third-order valence-corrected chi connectivity index (χ3v) is 5.14. The lowest BCUT2D eigenvalue weighted by atomic mass is 10.1. The fourth-order valence-electron chi connectivity index (χ4n) is 3.76. The molecule has 2 aromatic heterocycles. The number of methoxy groups -OCH3 is 1. The third-order valence-electron chi connectivity index (χ3n) is 5.14. The van der Waals surface area contributed by atoms with Crippen molar-refractivity contribution in [2.24, 2.45) is 7.05 Å². The zero-order valence-electron chi connectivity index (χ0n) is 16.2. The smallest absolute Gasteiger partial charge is 0.235 e. The molecule has 3 aromatic rings. The minimum absolute atomic E-state index is 0.0911. The molecule has 7 heteroatoms. The van der Waals surface area contributed by atoms with E-state index in [4.69, 9.17) is 9.47 Å². The second-order valence-corrected chi connectivity index (χ2v) is 7.08. The van der Waals surface area contributed by atoms with Gasteiger partial charge in [-0.05, 0) is 24.5 Å². The molecule has 0 spiro atoms. The topological polar surface area (TPSA) is 69.5 Å². The van der Waals surface area contributed by atoms with Crippen molar-refractivity contribution < 1.29 is 14.3 Å². The van der Waals surface area contributed by atoms with Crippen molar-refractivity contribution in [1.29, 1.82) is 0 Å². The van der Waals surface area contributed by atoms with Crippen LogP contribution in [0.1, 0.15) is 18.4 Å². The molecule has 4 rings (SSSR count). The van der Waals surface area contributed by atoms with E-state index >= 15 is 0 Å². The molecule has 1 aromatic carbocycles. The summed E-state index contributed by atoms with van der Waals surface area (Å²) in [6.45, 7) is 1.32. The summed E-state index contributed by atoms with van der Waals surface area (Å²) in [6, 6.07) is 8.17. The first-order valence-electron chi connectivity index (χ1n) is 9.47. The van der Waals surface area contributed by atoms with Crippen molar-refractivity contribution in [2.75, 3.05) is 20.2 Å². The van der Waals surface area contributed by atoms with Crippen LogP contribution in [0.25, 0.3) is 10.9 Å². The molecule has 7 nitrogen and oxygen atoms in total. The number of para-hydroxylation sites is 1. The lowest BCUT2D eigenvalue weighted by molar-refractivity contribution is -0.133. The lowest BCUT2D eigenvalue weighted by Crippen LogP contribution is -2.45. The zero-order valence-corrected chi connectivity index (χ0v) is 16.2. The van der Waals surface area contributed by atoms with Crippen molar-refractivity contribution >= 4 is 16.8 Å². The van der Waals surface area contributed by atoms with Crippen LogP contribution in [0.3, 0.4) is 0 Å². The Morgan fingerprint density at radius 3 is 2.93 bits per heavy atom. The van der Waals surface area contributed by atoms with E-state index in [1.165, 1.54) is 6.20 Å². The Bertz CT molecular complexity index is 985. The summed E-state index contributed by atoms with van der Waals surface area (Å²) in [5, 5.41) is 1.13. The predicted octanol–water partition coefficient (Wildman–Crippen LogP) is 2.59. The highest BCUT2D eigenvalue weighted by Crippen LogP contribution is 2.23.